The number of likely N-dealkylation sites (tertiary alicyclic amines) is 2. The van der Waals surface area contributed by atoms with E-state index in [1.54, 1.807) is 4.90 Å². The van der Waals surface area contributed by atoms with Gasteiger partial charge < -0.3 is 37.4 Å². The molecule has 0 radical (unpaired) electrons. The molecular formula is C41H61N7O6. The number of carbonyl (C=O) groups is 5. The van der Waals surface area contributed by atoms with E-state index in [1.807, 2.05) is 74.5 Å². The molecule has 4 rings (SSSR count). The zero-order chi connectivity index (χ0) is 39.0. The molecule has 2 aliphatic rings. The van der Waals surface area contributed by atoms with Crippen LogP contribution in [-0.2, 0) is 36.8 Å². The van der Waals surface area contributed by atoms with Crippen LogP contribution in [0, 0.1) is 5.92 Å². The van der Waals surface area contributed by atoms with Crippen molar-refractivity contribution in [1.29, 1.82) is 0 Å². The van der Waals surface area contributed by atoms with Crippen LogP contribution in [0.3, 0.4) is 0 Å². The first kappa shape index (κ1) is 42.4. The summed E-state index contributed by atoms with van der Waals surface area (Å²) in [6.07, 6.45) is 6.34. The maximum Gasteiger partial charge on any atom is 0.320 e. The van der Waals surface area contributed by atoms with E-state index in [9.17, 15) is 29.1 Å². The van der Waals surface area contributed by atoms with E-state index in [0.717, 1.165) is 36.9 Å². The second-order valence-corrected chi connectivity index (χ2v) is 15.2. The third kappa shape index (κ3) is 12.9. The van der Waals surface area contributed by atoms with Crippen LogP contribution in [0.4, 0.5) is 0 Å². The minimum absolute atomic E-state index is 0.0282. The summed E-state index contributed by atoms with van der Waals surface area (Å²) in [5.74, 6) is -2.41. The summed E-state index contributed by atoms with van der Waals surface area (Å²) in [7, 11) is 0. The standard InChI is InChI=1S/C41H61N7O6/c1-28(2)25-34(46-39(51)35(27-30-15-8-4-9-16-30)45-37(49)32(43)26-29-13-6-3-7-14-29)38(50)44-33(17-10-5-11-21-42)40(52)47-23-19-31(20-24-47)48-22-12-18-36(48)41(53)54/h3-4,6-9,13-16,28,31-36H,5,10-12,17-27,42-43H2,1-2H3,(H,44,50)(H,45,49)(H,46,51)(H,53,54)/t32-,33-,34-,35?,36+/m1/s1. The molecule has 2 saturated heterocycles. The predicted octanol–water partition coefficient (Wildman–Crippen LogP) is 2.36. The van der Waals surface area contributed by atoms with Crippen molar-refractivity contribution in [2.24, 2.45) is 17.4 Å². The molecule has 8 N–H and O–H groups in total. The number of nitrogens with one attached hydrogen (secondary N) is 3. The van der Waals surface area contributed by atoms with Gasteiger partial charge in [-0.05, 0) is 81.5 Å². The predicted molar refractivity (Wildman–Crippen MR) is 208 cm³/mol. The molecule has 2 aromatic carbocycles. The number of nitrogens with two attached hydrogens (primary N) is 2. The number of amides is 4. The lowest BCUT2D eigenvalue weighted by atomic mass is 9.98. The molecule has 2 fully saturated rings. The fourth-order valence-electron chi connectivity index (χ4n) is 7.60. The molecule has 4 amide bonds. The van der Waals surface area contributed by atoms with Crippen molar-refractivity contribution >= 4 is 29.6 Å². The Bertz CT molecular complexity index is 1500. The Hall–Kier alpha value is -4.33. The summed E-state index contributed by atoms with van der Waals surface area (Å²) in [6, 6.07) is 14.7. The number of carbonyl (C=O) groups excluding carboxylic acids is 4. The Morgan fingerprint density at radius 2 is 1.31 bits per heavy atom. The van der Waals surface area contributed by atoms with Crippen LogP contribution in [0.2, 0.25) is 0 Å². The van der Waals surface area contributed by atoms with Crippen molar-refractivity contribution < 1.29 is 29.1 Å². The smallest absolute Gasteiger partial charge is 0.320 e. The zero-order valence-electron chi connectivity index (χ0n) is 32.0. The molecule has 0 spiro atoms. The average molecular weight is 748 g/mol. The molecule has 2 aliphatic heterocycles. The highest BCUT2D eigenvalue weighted by Gasteiger charge is 2.39. The lowest BCUT2D eigenvalue weighted by Gasteiger charge is -2.39. The van der Waals surface area contributed by atoms with Gasteiger partial charge in [0.2, 0.25) is 23.6 Å². The molecule has 0 bridgehead atoms. The van der Waals surface area contributed by atoms with Crippen molar-refractivity contribution in [2.75, 3.05) is 26.2 Å². The van der Waals surface area contributed by atoms with Gasteiger partial charge >= 0.3 is 5.97 Å². The van der Waals surface area contributed by atoms with Gasteiger partial charge in [-0.25, -0.2) is 0 Å². The Labute approximate surface area is 320 Å². The highest BCUT2D eigenvalue weighted by atomic mass is 16.4. The minimum atomic E-state index is -1.00. The minimum Gasteiger partial charge on any atom is -0.480 e. The largest absolute Gasteiger partial charge is 0.480 e. The summed E-state index contributed by atoms with van der Waals surface area (Å²) in [5, 5.41) is 18.4. The van der Waals surface area contributed by atoms with Gasteiger partial charge in [0, 0.05) is 25.6 Å². The average Bonchev–Trinajstić information content (AvgIpc) is 3.67. The molecule has 2 aromatic rings. The SMILES string of the molecule is CC(C)C[C@@H](NC(=O)C(Cc1ccccc1)NC(=O)[C@H](N)Cc1ccccc1)C(=O)N[C@H](CCCCCN)C(=O)N1CCC(N2CCC[C@H]2C(=O)O)CC1. The first-order valence-electron chi connectivity index (χ1n) is 19.7. The third-order valence-electron chi connectivity index (χ3n) is 10.5. The molecule has 1 unspecified atom stereocenters. The number of nitrogens with zero attached hydrogens (tertiary/aromatic N) is 2. The molecule has 13 nitrogen and oxygen atoms in total. The molecule has 0 aromatic heterocycles. The first-order valence-corrected chi connectivity index (χ1v) is 19.7. The van der Waals surface area contributed by atoms with Gasteiger partial charge in [0.05, 0.1) is 6.04 Å². The highest BCUT2D eigenvalue weighted by Crippen LogP contribution is 2.27. The third-order valence-corrected chi connectivity index (χ3v) is 10.5. The molecule has 2 heterocycles. The number of benzene rings is 2. The summed E-state index contributed by atoms with van der Waals surface area (Å²) in [4.78, 5) is 71.1. The maximum atomic E-state index is 14.1. The Kier molecular flexibility index (Phi) is 16.9. The lowest BCUT2D eigenvalue weighted by Crippen LogP contribution is -2.59. The van der Waals surface area contributed by atoms with Gasteiger partial charge in [0.25, 0.3) is 0 Å². The molecule has 5 atom stereocenters. The van der Waals surface area contributed by atoms with E-state index < -0.39 is 53.9 Å². The number of carboxylic acid groups (broad SMARTS) is 1. The fraction of sp³-hybridized carbons (Fsp3) is 0.585. The summed E-state index contributed by atoms with van der Waals surface area (Å²) >= 11 is 0. The number of piperidine rings is 1. The van der Waals surface area contributed by atoms with Crippen LogP contribution in [0.5, 0.6) is 0 Å². The number of hydrogen-bond donors (Lipinski definition) is 6. The van der Waals surface area contributed by atoms with Crippen molar-refractivity contribution in [3.63, 3.8) is 0 Å². The normalized spacial score (nSPS) is 18.8. The summed E-state index contributed by atoms with van der Waals surface area (Å²) in [6.45, 7) is 6.13. The van der Waals surface area contributed by atoms with Gasteiger partial charge in [-0.1, -0.05) is 87.4 Å². The molecule has 13 heteroatoms. The fourth-order valence-corrected chi connectivity index (χ4v) is 7.60. The van der Waals surface area contributed by atoms with Crippen LogP contribution in [-0.4, -0.2) is 107 Å². The van der Waals surface area contributed by atoms with Gasteiger partial charge in [0.1, 0.15) is 24.2 Å². The first-order chi connectivity index (χ1) is 26.0. The number of rotatable bonds is 20. The van der Waals surface area contributed by atoms with E-state index in [4.69, 9.17) is 11.5 Å². The van der Waals surface area contributed by atoms with Crippen molar-refractivity contribution in [3.8, 4) is 0 Å². The lowest BCUT2D eigenvalue weighted by molar-refractivity contribution is -0.144. The number of unbranched alkanes of at least 4 members (excludes halogenated alkanes) is 2. The van der Waals surface area contributed by atoms with Gasteiger partial charge in [-0.15, -0.1) is 0 Å². The van der Waals surface area contributed by atoms with Crippen LogP contribution < -0.4 is 27.4 Å². The Morgan fingerprint density at radius 3 is 1.91 bits per heavy atom. The Balaban J connectivity index is 1.45. The highest BCUT2D eigenvalue weighted by molar-refractivity contribution is 5.95. The van der Waals surface area contributed by atoms with Gasteiger partial charge in [-0.3, -0.25) is 28.9 Å². The van der Waals surface area contributed by atoms with Gasteiger partial charge in [-0.2, -0.15) is 0 Å². The van der Waals surface area contributed by atoms with Crippen LogP contribution >= 0.6 is 0 Å². The second-order valence-electron chi connectivity index (χ2n) is 15.2. The van der Waals surface area contributed by atoms with Crippen LogP contribution in [0.15, 0.2) is 60.7 Å². The van der Waals surface area contributed by atoms with Crippen molar-refractivity contribution in [2.45, 2.75) is 121 Å². The Morgan fingerprint density at radius 1 is 0.741 bits per heavy atom. The number of hydrogen-bond acceptors (Lipinski definition) is 8. The second kappa shape index (κ2) is 21.5. The monoisotopic (exact) mass is 747 g/mol. The van der Waals surface area contributed by atoms with E-state index in [1.165, 1.54) is 0 Å². The van der Waals surface area contributed by atoms with E-state index in [-0.39, 0.29) is 24.3 Å². The molecule has 296 valence electrons. The molecule has 0 saturated carbocycles. The maximum absolute atomic E-state index is 14.1. The number of aliphatic carboxylic acids is 1. The van der Waals surface area contributed by atoms with E-state index in [2.05, 4.69) is 20.9 Å². The van der Waals surface area contributed by atoms with Crippen molar-refractivity contribution in [3.05, 3.63) is 71.8 Å². The zero-order valence-corrected chi connectivity index (χ0v) is 32.0. The van der Waals surface area contributed by atoms with Gasteiger partial charge in [0.15, 0.2) is 0 Å². The van der Waals surface area contributed by atoms with E-state index >= 15 is 0 Å². The van der Waals surface area contributed by atoms with Crippen LogP contribution in [0.25, 0.3) is 0 Å². The van der Waals surface area contributed by atoms with Crippen LogP contribution in [0.1, 0.15) is 82.8 Å². The molecule has 0 aliphatic carbocycles. The summed E-state index contributed by atoms with van der Waals surface area (Å²) in [5.41, 5.74) is 13.7. The molecule has 54 heavy (non-hydrogen) atoms. The number of carboxylic acids is 1. The van der Waals surface area contributed by atoms with Crippen molar-refractivity contribution in [1.82, 2.24) is 25.8 Å². The topological polar surface area (TPSA) is 200 Å². The van der Waals surface area contributed by atoms with E-state index in [0.29, 0.717) is 64.6 Å². The molecular weight excluding hydrogens is 686 g/mol. The quantitative estimate of drug-likeness (QED) is 0.110. The summed E-state index contributed by atoms with van der Waals surface area (Å²) < 4.78 is 0.